The van der Waals surface area contributed by atoms with Crippen molar-refractivity contribution >= 4 is 44.8 Å². The van der Waals surface area contributed by atoms with E-state index in [1.165, 1.54) is 0 Å². The maximum Gasteiger partial charge on any atom is 0.153 e. The molecule has 5 heteroatoms. The van der Waals surface area contributed by atoms with Crippen LogP contribution in [-0.4, -0.2) is 16.1 Å². The Hall–Kier alpha value is -0.690. The molecule has 0 fully saturated rings. The zero-order chi connectivity index (χ0) is 10.8. The molecule has 0 saturated heterocycles. The molecule has 0 aliphatic rings. The number of carbonyl (C=O) groups is 1. The van der Waals surface area contributed by atoms with Gasteiger partial charge in [-0.1, -0.05) is 6.07 Å². The molecule has 76 valence electrons. The summed E-state index contributed by atoms with van der Waals surface area (Å²) in [6, 6.07) is 5.57. The van der Waals surface area contributed by atoms with Gasteiger partial charge in [0.1, 0.15) is 0 Å². The predicted octanol–water partition coefficient (Wildman–Crippen LogP) is 3.05. The molecule has 0 saturated carbocycles. The van der Waals surface area contributed by atoms with Crippen LogP contribution in [0.15, 0.2) is 35.1 Å². The fourth-order valence-corrected chi connectivity index (χ4v) is 2.11. The van der Waals surface area contributed by atoms with Crippen LogP contribution in [0.2, 0.25) is 0 Å². The van der Waals surface area contributed by atoms with Gasteiger partial charge in [-0.2, -0.15) is 5.10 Å². The number of hydrogen-bond donors (Lipinski definition) is 0. The van der Waals surface area contributed by atoms with E-state index >= 15 is 0 Å². The average molecular weight is 377 g/mol. The summed E-state index contributed by atoms with van der Waals surface area (Å²) < 4.78 is 3.50. The summed E-state index contributed by atoms with van der Waals surface area (Å²) in [7, 11) is 0. The van der Waals surface area contributed by atoms with Crippen molar-refractivity contribution in [3.05, 3.63) is 44.2 Å². The lowest BCUT2D eigenvalue weighted by Crippen LogP contribution is -1.99. The highest BCUT2D eigenvalue weighted by molar-refractivity contribution is 14.1. The Bertz CT molecular complexity index is 510. The molecule has 3 nitrogen and oxygen atoms in total. The fraction of sp³-hybridized carbons (Fsp3) is 0. The fourth-order valence-electron chi connectivity index (χ4n) is 1.27. The molecule has 2 aromatic rings. The summed E-state index contributed by atoms with van der Waals surface area (Å²) in [6.45, 7) is 0. The van der Waals surface area contributed by atoms with Gasteiger partial charge in [0.2, 0.25) is 0 Å². The van der Waals surface area contributed by atoms with Gasteiger partial charge in [-0.15, -0.1) is 0 Å². The highest BCUT2D eigenvalue weighted by atomic mass is 127. The third kappa shape index (κ3) is 2.12. The average Bonchev–Trinajstić information content (AvgIpc) is 2.64. The van der Waals surface area contributed by atoms with E-state index in [-0.39, 0.29) is 0 Å². The van der Waals surface area contributed by atoms with Gasteiger partial charge >= 0.3 is 0 Å². The first-order valence-corrected chi connectivity index (χ1v) is 6.04. The van der Waals surface area contributed by atoms with Crippen LogP contribution in [-0.2, 0) is 0 Å². The number of aldehydes is 1. The van der Waals surface area contributed by atoms with E-state index in [0.29, 0.717) is 5.56 Å². The number of hydrogen-bond acceptors (Lipinski definition) is 2. The second kappa shape index (κ2) is 4.44. The molecular weight excluding hydrogens is 371 g/mol. The van der Waals surface area contributed by atoms with Gasteiger partial charge in [0.15, 0.2) is 6.29 Å². The highest BCUT2D eigenvalue weighted by Gasteiger charge is 2.08. The summed E-state index contributed by atoms with van der Waals surface area (Å²) >= 11 is 5.51. The van der Waals surface area contributed by atoms with Gasteiger partial charge in [-0.05, 0) is 50.7 Å². The minimum Gasteiger partial charge on any atom is -0.298 e. The summed E-state index contributed by atoms with van der Waals surface area (Å²) in [5, 5.41) is 4.17. The van der Waals surface area contributed by atoms with Crippen molar-refractivity contribution < 1.29 is 4.79 Å². The number of nitrogens with zero attached hydrogens (tertiary/aromatic N) is 2. The van der Waals surface area contributed by atoms with Crippen LogP contribution in [0, 0.1) is 3.57 Å². The van der Waals surface area contributed by atoms with Crippen molar-refractivity contribution in [2.24, 2.45) is 0 Å². The molecule has 0 amide bonds. The normalized spacial score (nSPS) is 10.3. The molecule has 0 radical (unpaired) electrons. The lowest BCUT2D eigenvalue weighted by atomic mass is 10.2. The smallest absolute Gasteiger partial charge is 0.153 e. The van der Waals surface area contributed by atoms with Crippen LogP contribution in [0.3, 0.4) is 0 Å². The third-order valence-corrected chi connectivity index (χ3v) is 3.19. The van der Waals surface area contributed by atoms with Gasteiger partial charge in [-0.3, -0.25) is 4.79 Å². The Kier molecular flexibility index (Phi) is 3.20. The van der Waals surface area contributed by atoms with Crippen LogP contribution in [0.5, 0.6) is 0 Å². The maximum atomic E-state index is 11.0. The Morgan fingerprint density at radius 3 is 2.87 bits per heavy atom. The van der Waals surface area contributed by atoms with Gasteiger partial charge in [0.05, 0.1) is 21.0 Å². The van der Waals surface area contributed by atoms with E-state index in [0.717, 1.165) is 20.0 Å². The van der Waals surface area contributed by atoms with E-state index in [1.807, 2.05) is 24.4 Å². The second-order valence-corrected chi connectivity index (χ2v) is 4.99. The van der Waals surface area contributed by atoms with Crippen LogP contribution < -0.4 is 0 Å². The van der Waals surface area contributed by atoms with E-state index in [1.54, 1.807) is 10.9 Å². The first kappa shape index (κ1) is 10.8. The van der Waals surface area contributed by atoms with E-state index in [2.05, 4.69) is 43.6 Å². The van der Waals surface area contributed by atoms with Crippen molar-refractivity contribution in [2.75, 3.05) is 0 Å². The number of rotatable bonds is 2. The Morgan fingerprint density at radius 2 is 2.27 bits per heavy atom. The molecule has 0 atom stereocenters. The summed E-state index contributed by atoms with van der Waals surface area (Å²) in [4.78, 5) is 11.0. The van der Waals surface area contributed by atoms with Gasteiger partial charge in [0.25, 0.3) is 0 Å². The largest absolute Gasteiger partial charge is 0.298 e. The quantitative estimate of drug-likeness (QED) is 0.596. The number of halogens is 2. The lowest BCUT2D eigenvalue weighted by Gasteiger charge is -2.05. The predicted molar refractivity (Wildman–Crippen MR) is 69.4 cm³/mol. The summed E-state index contributed by atoms with van der Waals surface area (Å²) in [5.41, 5.74) is 1.39. The molecule has 0 aliphatic carbocycles. The monoisotopic (exact) mass is 376 g/mol. The van der Waals surface area contributed by atoms with Gasteiger partial charge in [-0.25, -0.2) is 4.68 Å². The van der Waals surface area contributed by atoms with Gasteiger partial charge in [0, 0.05) is 10.7 Å². The summed E-state index contributed by atoms with van der Waals surface area (Å²) in [5.74, 6) is 0. The number of benzene rings is 1. The molecule has 2 rings (SSSR count). The number of aromatic nitrogens is 2. The van der Waals surface area contributed by atoms with E-state index < -0.39 is 0 Å². The molecule has 1 heterocycles. The SMILES string of the molecule is O=Cc1c(Br)cccc1-n1cc(I)cn1. The van der Waals surface area contributed by atoms with E-state index in [4.69, 9.17) is 0 Å². The zero-order valence-electron chi connectivity index (χ0n) is 7.52. The van der Waals surface area contributed by atoms with E-state index in [9.17, 15) is 4.79 Å². The minimum atomic E-state index is 0.608. The van der Waals surface area contributed by atoms with Crippen molar-refractivity contribution in [1.29, 1.82) is 0 Å². The molecule has 1 aromatic heterocycles. The number of carbonyl (C=O) groups excluding carboxylic acids is 1. The summed E-state index contributed by atoms with van der Waals surface area (Å²) in [6.07, 6.45) is 4.44. The first-order chi connectivity index (χ1) is 7.22. The van der Waals surface area contributed by atoms with Crippen molar-refractivity contribution in [2.45, 2.75) is 0 Å². The van der Waals surface area contributed by atoms with Crippen molar-refractivity contribution in [3.8, 4) is 5.69 Å². The van der Waals surface area contributed by atoms with Crippen molar-refractivity contribution in [3.63, 3.8) is 0 Å². The minimum absolute atomic E-state index is 0.608. The first-order valence-electron chi connectivity index (χ1n) is 4.16. The Morgan fingerprint density at radius 1 is 1.47 bits per heavy atom. The molecule has 0 bridgehead atoms. The molecule has 0 unspecified atom stereocenters. The standard InChI is InChI=1S/C10H6BrIN2O/c11-9-2-1-3-10(8(9)6-15)14-5-7(12)4-13-14/h1-6H. The maximum absolute atomic E-state index is 11.0. The zero-order valence-corrected chi connectivity index (χ0v) is 11.3. The van der Waals surface area contributed by atoms with Crippen LogP contribution >= 0.6 is 38.5 Å². The second-order valence-electron chi connectivity index (χ2n) is 2.89. The lowest BCUT2D eigenvalue weighted by molar-refractivity contribution is 0.112. The Labute approximate surface area is 109 Å². The molecule has 0 N–H and O–H groups in total. The topological polar surface area (TPSA) is 34.9 Å². The van der Waals surface area contributed by atoms with Crippen LogP contribution in [0.25, 0.3) is 5.69 Å². The van der Waals surface area contributed by atoms with Crippen molar-refractivity contribution in [1.82, 2.24) is 9.78 Å². The molecule has 0 aliphatic heterocycles. The molecule has 15 heavy (non-hydrogen) atoms. The molecular formula is C10H6BrIN2O. The van der Waals surface area contributed by atoms with Crippen LogP contribution in [0.1, 0.15) is 10.4 Å². The Balaban J connectivity index is 2.62. The van der Waals surface area contributed by atoms with Crippen LogP contribution in [0.4, 0.5) is 0 Å². The highest BCUT2D eigenvalue weighted by Crippen LogP contribution is 2.21. The van der Waals surface area contributed by atoms with Gasteiger partial charge < -0.3 is 0 Å². The molecule has 1 aromatic carbocycles. The third-order valence-electron chi connectivity index (χ3n) is 1.95. The molecule has 0 spiro atoms.